The summed E-state index contributed by atoms with van der Waals surface area (Å²) in [6.45, 7) is 0.583. The normalized spacial score (nSPS) is 14.3. The van der Waals surface area contributed by atoms with E-state index < -0.39 is 5.82 Å². The molecule has 1 aliphatic carbocycles. The number of tetrazole rings is 1. The van der Waals surface area contributed by atoms with E-state index in [2.05, 4.69) is 26.8 Å². The molecule has 1 N–H and O–H groups in total. The highest BCUT2D eigenvalue weighted by Gasteiger charge is 2.12. The van der Waals surface area contributed by atoms with Gasteiger partial charge in [0, 0.05) is 6.54 Å². The van der Waals surface area contributed by atoms with E-state index in [1.165, 1.54) is 29.3 Å². The van der Waals surface area contributed by atoms with Gasteiger partial charge < -0.3 is 5.32 Å². The number of carbonyl (C=O) groups excluding carboxylic acids is 1. The number of rotatable bonds is 6. The predicted molar refractivity (Wildman–Crippen MR) is 87.4 cm³/mol. The van der Waals surface area contributed by atoms with Gasteiger partial charge in [-0.25, -0.2) is 4.39 Å². The average Bonchev–Trinajstić information content (AvgIpc) is 3.04. The third kappa shape index (κ3) is 4.24. The Morgan fingerprint density at radius 1 is 1.29 bits per heavy atom. The average molecular weight is 329 g/mol. The third-order valence-electron chi connectivity index (χ3n) is 4.01. The van der Waals surface area contributed by atoms with E-state index in [0.717, 1.165) is 19.3 Å². The second-order valence-electron chi connectivity index (χ2n) is 5.83. The third-order valence-corrected chi connectivity index (χ3v) is 4.01. The summed E-state index contributed by atoms with van der Waals surface area (Å²) in [4.78, 5) is 13.1. The number of allylic oxidation sites excluding steroid dienone is 1. The Bertz CT molecular complexity index is 740. The minimum absolute atomic E-state index is 0.0273. The van der Waals surface area contributed by atoms with E-state index in [9.17, 15) is 9.18 Å². The lowest BCUT2D eigenvalue weighted by molar-refractivity contribution is -0.122. The summed E-state index contributed by atoms with van der Waals surface area (Å²) in [5, 5.41) is 14.5. The van der Waals surface area contributed by atoms with Crippen LogP contribution in [0.1, 0.15) is 32.1 Å². The molecule has 2 aromatic rings. The summed E-state index contributed by atoms with van der Waals surface area (Å²) >= 11 is 0. The van der Waals surface area contributed by atoms with Gasteiger partial charge in [-0.1, -0.05) is 23.8 Å². The van der Waals surface area contributed by atoms with Gasteiger partial charge in [-0.15, -0.1) is 10.2 Å². The van der Waals surface area contributed by atoms with Crippen LogP contribution in [0.2, 0.25) is 0 Å². The maximum Gasteiger partial charge on any atom is 0.243 e. The molecular weight excluding hydrogens is 309 g/mol. The molecule has 1 amide bonds. The van der Waals surface area contributed by atoms with Crippen LogP contribution in [0.5, 0.6) is 0 Å². The standard InChI is InChI=1S/C17H20FN5O/c18-15-9-5-4-8-14(15)17-20-22-23(21-17)12-16(24)19-11-10-13-6-2-1-3-7-13/h4-6,8-9H,1-3,7,10-12H2,(H,19,24). The molecule has 3 rings (SSSR count). The van der Waals surface area contributed by atoms with Crippen LogP contribution in [0.15, 0.2) is 35.9 Å². The molecule has 0 spiro atoms. The minimum Gasteiger partial charge on any atom is -0.354 e. The number of nitrogens with one attached hydrogen (secondary N) is 1. The highest BCUT2D eigenvalue weighted by molar-refractivity contribution is 5.75. The molecule has 0 fully saturated rings. The Balaban J connectivity index is 1.50. The first kappa shape index (κ1) is 16.3. The molecule has 126 valence electrons. The Morgan fingerprint density at radius 2 is 2.17 bits per heavy atom. The highest BCUT2D eigenvalue weighted by atomic mass is 19.1. The zero-order chi connectivity index (χ0) is 16.8. The molecule has 1 heterocycles. The van der Waals surface area contributed by atoms with Gasteiger partial charge in [-0.3, -0.25) is 4.79 Å². The van der Waals surface area contributed by atoms with Crippen molar-refractivity contribution in [2.45, 2.75) is 38.6 Å². The second-order valence-corrected chi connectivity index (χ2v) is 5.83. The van der Waals surface area contributed by atoms with Gasteiger partial charge >= 0.3 is 0 Å². The Labute approximate surface area is 139 Å². The molecule has 0 aliphatic heterocycles. The van der Waals surface area contributed by atoms with E-state index in [1.807, 2.05) is 0 Å². The van der Waals surface area contributed by atoms with Crippen LogP contribution < -0.4 is 5.32 Å². The number of halogens is 1. The summed E-state index contributed by atoms with van der Waals surface area (Å²) in [5.74, 6) is -0.417. The van der Waals surface area contributed by atoms with E-state index in [0.29, 0.717) is 6.54 Å². The number of carbonyl (C=O) groups is 1. The van der Waals surface area contributed by atoms with Crippen molar-refractivity contribution in [3.05, 3.63) is 41.7 Å². The molecule has 7 heteroatoms. The molecule has 1 aromatic carbocycles. The molecule has 0 atom stereocenters. The van der Waals surface area contributed by atoms with Gasteiger partial charge in [0.25, 0.3) is 0 Å². The van der Waals surface area contributed by atoms with Gasteiger partial charge in [0.05, 0.1) is 5.56 Å². The molecule has 0 saturated heterocycles. The molecule has 6 nitrogen and oxygen atoms in total. The van der Waals surface area contributed by atoms with Crippen molar-refractivity contribution in [1.29, 1.82) is 0 Å². The van der Waals surface area contributed by atoms with Crippen LogP contribution in [-0.2, 0) is 11.3 Å². The molecule has 1 aromatic heterocycles. The number of amides is 1. The second kappa shape index (κ2) is 7.81. The summed E-state index contributed by atoms with van der Waals surface area (Å²) < 4.78 is 13.7. The summed E-state index contributed by atoms with van der Waals surface area (Å²) in [6.07, 6.45) is 7.93. The van der Waals surface area contributed by atoms with Gasteiger partial charge in [-0.05, 0) is 49.5 Å². The fourth-order valence-electron chi connectivity index (χ4n) is 2.74. The van der Waals surface area contributed by atoms with Crippen molar-refractivity contribution in [2.24, 2.45) is 0 Å². The Morgan fingerprint density at radius 3 is 2.96 bits per heavy atom. The topological polar surface area (TPSA) is 72.7 Å². The smallest absolute Gasteiger partial charge is 0.243 e. The van der Waals surface area contributed by atoms with Crippen LogP contribution in [0.25, 0.3) is 11.4 Å². The Hall–Kier alpha value is -2.57. The van der Waals surface area contributed by atoms with Crippen LogP contribution in [0.3, 0.4) is 0 Å². The van der Waals surface area contributed by atoms with E-state index in [1.54, 1.807) is 18.2 Å². The summed E-state index contributed by atoms with van der Waals surface area (Å²) in [7, 11) is 0. The van der Waals surface area contributed by atoms with Crippen molar-refractivity contribution in [3.8, 4) is 11.4 Å². The zero-order valence-corrected chi connectivity index (χ0v) is 13.4. The molecular formula is C17H20FN5O. The van der Waals surface area contributed by atoms with Crippen molar-refractivity contribution in [3.63, 3.8) is 0 Å². The number of aromatic nitrogens is 4. The van der Waals surface area contributed by atoms with Gasteiger partial charge in [0.15, 0.2) is 0 Å². The fraction of sp³-hybridized carbons (Fsp3) is 0.412. The highest BCUT2D eigenvalue weighted by Crippen LogP contribution is 2.19. The van der Waals surface area contributed by atoms with Gasteiger partial charge in [-0.2, -0.15) is 4.80 Å². The summed E-state index contributed by atoms with van der Waals surface area (Å²) in [6, 6.07) is 6.21. The first-order chi connectivity index (χ1) is 11.7. The SMILES string of the molecule is O=C(Cn1nnc(-c2ccccc2F)n1)NCCC1=CCCCC1. The van der Waals surface area contributed by atoms with Crippen molar-refractivity contribution < 1.29 is 9.18 Å². The lowest BCUT2D eigenvalue weighted by Gasteiger charge is -2.12. The van der Waals surface area contributed by atoms with E-state index in [4.69, 9.17) is 0 Å². The molecule has 0 bridgehead atoms. The first-order valence-corrected chi connectivity index (χ1v) is 8.20. The van der Waals surface area contributed by atoms with Crippen LogP contribution in [-0.4, -0.2) is 32.7 Å². The van der Waals surface area contributed by atoms with Crippen molar-refractivity contribution in [2.75, 3.05) is 6.54 Å². The lowest BCUT2D eigenvalue weighted by Crippen LogP contribution is -2.29. The molecule has 24 heavy (non-hydrogen) atoms. The van der Waals surface area contributed by atoms with Gasteiger partial charge in [0.2, 0.25) is 11.7 Å². The summed E-state index contributed by atoms with van der Waals surface area (Å²) in [5.41, 5.74) is 1.69. The quantitative estimate of drug-likeness (QED) is 0.827. The van der Waals surface area contributed by atoms with E-state index in [-0.39, 0.29) is 23.8 Å². The molecule has 0 saturated carbocycles. The first-order valence-electron chi connectivity index (χ1n) is 8.20. The molecule has 1 aliphatic rings. The zero-order valence-electron chi connectivity index (χ0n) is 13.4. The maximum absolute atomic E-state index is 13.7. The number of hydrogen-bond acceptors (Lipinski definition) is 4. The van der Waals surface area contributed by atoms with Crippen LogP contribution in [0.4, 0.5) is 4.39 Å². The largest absolute Gasteiger partial charge is 0.354 e. The monoisotopic (exact) mass is 329 g/mol. The number of benzene rings is 1. The number of hydrogen-bond donors (Lipinski definition) is 1. The predicted octanol–water partition coefficient (Wildman–Crippen LogP) is 2.49. The number of nitrogens with zero attached hydrogens (tertiary/aromatic N) is 4. The Kier molecular flexibility index (Phi) is 5.30. The van der Waals surface area contributed by atoms with Crippen molar-refractivity contribution >= 4 is 5.91 Å². The van der Waals surface area contributed by atoms with Crippen molar-refractivity contribution in [1.82, 2.24) is 25.5 Å². The maximum atomic E-state index is 13.7. The fourth-order valence-corrected chi connectivity index (χ4v) is 2.74. The lowest BCUT2D eigenvalue weighted by atomic mass is 9.97. The molecule has 0 unspecified atom stereocenters. The van der Waals surface area contributed by atoms with Crippen LogP contribution in [0, 0.1) is 5.82 Å². The van der Waals surface area contributed by atoms with Gasteiger partial charge in [0.1, 0.15) is 12.4 Å². The minimum atomic E-state index is -0.415. The molecule has 0 radical (unpaired) electrons. The van der Waals surface area contributed by atoms with Crippen LogP contribution >= 0.6 is 0 Å². The van der Waals surface area contributed by atoms with E-state index >= 15 is 0 Å².